The molecule has 0 amide bonds. The summed E-state index contributed by atoms with van der Waals surface area (Å²) in [5.74, 6) is -0.569. The van der Waals surface area contributed by atoms with E-state index in [0.717, 1.165) is 12.6 Å². The van der Waals surface area contributed by atoms with Gasteiger partial charge in [0.25, 0.3) is 5.69 Å². The maximum Gasteiger partial charge on any atom is 0.272 e. The summed E-state index contributed by atoms with van der Waals surface area (Å²) in [6, 6.07) is 3.66. The van der Waals surface area contributed by atoms with Gasteiger partial charge >= 0.3 is 0 Å². The molecule has 0 saturated carbocycles. The molecule has 0 unspecified atom stereocenters. The number of nitro groups is 1. The molecule has 5 nitrogen and oxygen atoms in total. The predicted molar refractivity (Wildman–Crippen MR) is 59.0 cm³/mol. The number of aliphatic hydroxyl groups is 1. The van der Waals surface area contributed by atoms with Gasteiger partial charge in [-0.2, -0.15) is 0 Å². The molecule has 0 bridgehead atoms. The monoisotopic (exact) mass is 240 g/mol. The minimum Gasteiger partial charge on any atom is -0.392 e. The number of hydrogen-bond acceptors (Lipinski definition) is 4. The number of nitrogens with zero attached hydrogens (tertiary/aromatic N) is 2. The Morgan fingerprint density at radius 1 is 1.59 bits per heavy atom. The highest BCUT2D eigenvalue weighted by Crippen LogP contribution is 2.19. The van der Waals surface area contributed by atoms with Crippen LogP contribution in [0.25, 0.3) is 0 Å². The molecule has 2 rings (SSSR count). The van der Waals surface area contributed by atoms with Crippen LogP contribution in [-0.4, -0.2) is 34.1 Å². The molecule has 1 aromatic carbocycles. The Labute approximate surface area is 97.6 Å². The summed E-state index contributed by atoms with van der Waals surface area (Å²) in [5.41, 5.74) is 0.178. The van der Waals surface area contributed by atoms with Gasteiger partial charge in [0.1, 0.15) is 5.82 Å². The number of halogens is 1. The Kier molecular flexibility index (Phi) is 3.35. The molecule has 1 aliphatic heterocycles. The highest BCUT2D eigenvalue weighted by Gasteiger charge is 2.21. The second-order valence-electron chi connectivity index (χ2n) is 4.21. The number of β-amino-alcohol motifs (C(OH)–C–C–N with tert-alkyl or cyclic N) is 1. The first kappa shape index (κ1) is 11.9. The fourth-order valence-corrected chi connectivity index (χ4v) is 1.97. The molecule has 0 aromatic heterocycles. The Bertz CT molecular complexity index is 439. The fraction of sp³-hybridized carbons (Fsp3) is 0.455. The Balaban J connectivity index is 2.09. The summed E-state index contributed by atoms with van der Waals surface area (Å²) < 4.78 is 13.6. The zero-order valence-electron chi connectivity index (χ0n) is 9.17. The van der Waals surface area contributed by atoms with E-state index < -0.39 is 10.7 Å². The Hall–Kier alpha value is -1.53. The largest absolute Gasteiger partial charge is 0.392 e. The van der Waals surface area contributed by atoms with Gasteiger partial charge in [-0.3, -0.25) is 15.0 Å². The van der Waals surface area contributed by atoms with E-state index >= 15 is 0 Å². The number of rotatable bonds is 3. The molecule has 0 spiro atoms. The number of aliphatic hydroxyl groups excluding tert-OH is 1. The number of nitro benzene ring substituents is 1. The third-order valence-corrected chi connectivity index (χ3v) is 2.89. The van der Waals surface area contributed by atoms with Crippen molar-refractivity contribution >= 4 is 5.69 Å². The van der Waals surface area contributed by atoms with Crippen molar-refractivity contribution in [3.63, 3.8) is 0 Å². The summed E-state index contributed by atoms with van der Waals surface area (Å²) in [4.78, 5) is 11.8. The summed E-state index contributed by atoms with van der Waals surface area (Å²) >= 11 is 0. The third-order valence-electron chi connectivity index (χ3n) is 2.89. The maximum absolute atomic E-state index is 13.6. The smallest absolute Gasteiger partial charge is 0.272 e. The quantitative estimate of drug-likeness (QED) is 0.638. The standard InChI is InChI=1S/C11H13FN2O3/c12-11-5-9(14(16)17)2-1-8(11)6-13-4-3-10(15)7-13/h1-2,5,10,15H,3-4,6-7H2/t10-/m0/s1. The minimum absolute atomic E-state index is 0.243. The van der Waals surface area contributed by atoms with E-state index in [1.807, 2.05) is 4.90 Å². The molecule has 6 heteroatoms. The van der Waals surface area contributed by atoms with Gasteiger partial charge in [0.2, 0.25) is 0 Å². The summed E-state index contributed by atoms with van der Waals surface area (Å²) in [7, 11) is 0. The molecule has 92 valence electrons. The van der Waals surface area contributed by atoms with Gasteiger partial charge < -0.3 is 5.11 Å². The van der Waals surface area contributed by atoms with Gasteiger partial charge in [-0.25, -0.2) is 4.39 Å². The van der Waals surface area contributed by atoms with Crippen LogP contribution in [-0.2, 0) is 6.54 Å². The lowest BCUT2D eigenvalue weighted by molar-refractivity contribution is -0.385. The molecule has 1 fully saturated rings. The first-order chi connectivity index (χ1) is 8.06. The molecule has 1 heterocycles. The lowest BCUT2D eigenvalue weighted by atomic mass is 10.2. The number of hydrogen-bond donors (Lipinski definition) is 1. The normalized spacial score (nSPS) is 20.7. The second-order valence-corrected chi connectivity index (χ2v) is 4.21. The molecule has 0 radical (unpaired) electrons. The van der Waals surface area contributed by atoms with Crippen LogP contribution in [0, 0.1) is 15.9 Å². The van der Waals surface area contributed by atoms with Crippen LogP contribution < -0.4 is 0 Å². The van der Waals surface area contributed by atoms with E-state index in [1.165, 1.54) is 12.1 Å². The van der Waals surface area contributed by atoms with Gasteiger partial charge in [0, 0.05) is 31.3 Å². The van der Waals surface area contributed by atoms with Crippen molar-refractivity contribution in [2.75, 3.05) is 13.1 Å². The predicted octanol–water partition coefficient (Wildman–Crippen LogP) is 1.30. The molecular weight excluding hydrogens is 227 g/mol. The van der Waals surface area contributed by atoms with Gasteiger partial charge in [0.15, 0.2) is 0 Å². The molecule has 1 saturated heterocycles. The van der Waals surface area contributed by atoms with Crippen LogP contribution in [0.15, 0.2) is 18.2 Å². The van der Waals surface area contributed by atoms with Crippen molar-refractivity contribution in [2.24, 2.45) is 0 Å². The van der Waals surface area contributed by atoms with Gasteiger partial charge in [-0.15, -0.1) is 0 Å². The SMILES string of the molecule is O=[N+]([O-])c1ccc(CN2CC[C@H](O)C2)c(F)c1. The lowest BCUT2D eigenvalue weighted by Crippen LogP contribution is -2.22. The van der Waals surface area contributed by atoms with Crippen molar-refractivity contribution in [3.8, 4) is 0 Å². The Morgan fingerprint density at radius 3 is 2.88 bits per heavy atom. The van der Waals surface area contributed by atoms with Crippen molar-refractivity contribution in [2.45, 2.75) is 19.1 Å². The maximum atomic E-state index is 13.6. The van der Waals surface area contributed by atoms with Crippen LogP contribution in [0.5, 0.6) is 0 Å². The third kappa shape index (κ3) is 2.78. The molecule has 1 aromatic rings. The van der Waals surface area contributed by atoms with Gasteiger partial charge in [0.05, 0.1) is 17.1 Å². The van der Waals surface area contributed by atoms with Crippen LogP contribution >= 0.6 is 0 Å². The number of likely N-dealkylation sites (tertiary alicyclic amines) is 1. The van der Waals surface area contributed by atoms with E-state index in [2.05, 4.69) is 0 Å². The van der Waals surface area contributed by atoms with E-state index in [9.17, 15) is 19.6 Å². The number of benzene rings is 1. The van der Waals surface area contributed by atoms with Gasteiger partial charge in [-0.1, -0.05) is 0 Å². The zero-order chi connectivity index (χ0) is 12.4. The topological polar surface area (TPSA) is 66.6 Å². The molecule has 1 N–H and O–H groups in total. The highest BCUT2D eigenvalue weighted by atomic mass is 19.1. The van der Waals surface area contributed by atoms with Crippen LogP contribution in [0.3, 0.4) is 0 Å². The average Bonchev–Trinajstić information content (AvgIpc) is 2.67. The van der Waals surface area contributed by atoms with Crippen molar-refractivity contribution in [1.29, 1.82) is 0 Å². The van der Waals surface area contributed by atoms with Gasteiger partial charge in [-0.05, 0) is 12.5 Å². The first-order valence-corrected chi connectivity index (χ1v) is 5.39. The average molecular weight is 240 g/mol. The molecule has 1 aliphatic rings. The van der Waals surface area contributed by atoms with E-state index in [-0.39, 0.29) is 11.8 Å². The molecule has 0 aliphatic carbocycles. The summed E-state index contributed by atoms with van der Waals surface area (Å²) in [5, 5.41) is 19.8. The minimum atomic E-state index is -0.619. The lowest BCUT2D eigenvalue weighted by Gasteiger charge is -2.15. The highest BCUT2D eigenvalue weighted by molar-refractivity contribution is 5.34. The second kappa shape index (κ2) is 4.77. The van der Waals surface area contributed by atoms with Crippen LogP contribution in [0.1, 0.15) is 12.0 Å². The Morgan fingerprint density at radius 2 is 2.35 bits per heavy atom. The fourth-order valence-electron chi connectivity index (χ4n) is 1.97. The first-order valence-electron chi connectivity index (χ1n) is 5.39. The molecule has 1 atom stereocenters. The van der Waals surface area contributed by atoms with E-state index in [4.69, 9.17) is 0 Å². The van der Waals surface area contributed by atoms with Crippen LogP contribution in [0.4, 0.5) is 10.1 Å². The summed E-state index contributed by atoms with van der Waals surface area (Å²) in [6.07, 6.45) is 0.338. The van der Waals surface area contributed by atoms with Crippen LogP contribution in [0.2, 0.25) is 0 Å². The van der Waals surface area contributed by atoms with E-state index in [0.29, 0.717) is 25.1 Å². The molecule has 17 heavy (non-hydrogen) atoms. The summed E-state index contributed by atoms with van der Waals surface area (Å²) in [6.45, 7) is 1.62. The zero-order valence-corrected chi connectivity index (χ0v) is 9.17. The van der Waals surface area contributed by atoms with Crippen molar-refractivity contribution in [1.82, 2.24) is 4.90 Å². The van der Waals surface area contributed by atoms with E-state index in [1.54, 1.807) is 0 Å². The number of non-ortho nitro benzene ring substituents is 1. The van der Waals surface area contributed by atoms with Crippen molar-refractivity contribution in [3.05, 3.63) is 39.7 Å². The molecular formula is C11H13FN2O3. The van der Waals surface area contributed by atoms with Crippen molar-refractivity contribution < 1.29 is 14.4 Å².